The number of carboxylic acid groups (broad SMARTS) is 1. The van der Waals surface area contributed by atoms with E-state index in [1.54, 1.807) is 0 Å². The zero-order chi connectivity index (χ0) is 14.6. The fraction of sp³-hybridized carbons (Fsp3) is 0.200. The van der Waals surface area contributed by atoms with Gasteiger partial charge in [-0.1, -0.05) is 11.6 Å². The summed E-state index contributed by atoms with van der Waals surface area (Å²) in [4.78, 5) is 31.9. The average molecular weight is 288 g/mol. The number of anilines is 1. The minimum atomic E-state index is -1.21. The number of aliphatic carboxylic acids is 1. The summed E-state index contributed by atoms with van der Waals surface area (Å²) in [6, 6.07) is 1.60. The Kier molecular flexibility index (Phi) is 4.65. The van der Waals surface area contributed by atoms with Gasteiger partial charge in [-0.3, -0.25) is 14.9 Å². The van der Waals surface area contributed by atoms with Crippen LogP contribution in [-0.4, -0.2) is 28.1 Å². The SMILES string of the molecule is C[C@@H](NC(=O)Nc1cc([N+](=O)[O-])ccc1Cl)C(=O)O. The van der Waals surface area contributed by atoms with Crippen LogP contribution in [0.5, 0.6) is 0 Å². The highest BCUT2D eigenvalue weighted by Crippen LogP contribution is 2.26. The van der Waals surface area contributed by atoms with Gasteiger partial charge in [-0.2, -0.15) is 0 Å². The first-order valence-corrected chi connectivity index (χ1v) is 5.43. The Morgan fingerprint density at radius 1 is 1.47 bits per heavy atom. The molecule has 3 N–H and O–H groups in total. The molecule has 1 aromatic carbocycles. The molecule has 0 saturated carbocycles. The van der Waals surface area contributed by atoms with Crippen molar-refractivity contribution in [3.8, 4) is 0 Å². The molecule has 0 aliphatic carbocycles. The predicted octanol–water partition coefficient (Wildman–Crippen LogP) is 1.84. The first-order chi connectivity index (χ1) is 8.81. The van der Waals surface area contributed by atoms with Crippen molar-refractivity contribution in [3.63, 3.8) is 0 Å². The number of nitro groups is 1. The minimum absolute atomic E-state index is 0.0194. The van der Waals surface area contributed by atoms with Crippen LogP contribution in [0.15, 0.2) is 18.2 Å². The number of hydrogen-bond donors (Lipinski definition) is 3. The molecular weight excluding hydrogens is 278 g/mol. The number of rotatable bonds is 4. The van der Waals surface area contributed by atoms with Crippen molar-refractivity contribution in [1.82, 2.24) is 5.32 Å². The van der Waals surface area contributed by atoms with E-state index in [-0.39, 0.29) is 16.4 Å². The highest BCUT2D eigenvalue weighted by atomic mass is 35.5. The van der Waals surface area contributed by atoms with E-state index in [1.807, 2.05) is 0 Å². The third-order valence-electron chi connectivity index (χ3n) is 2.13. The van der Waals surface area contributed by atoms with Crippen molar-refractivity contribution in [2.24, 2.45) is 0 Å². The zero-order valence-electron chi connectivity index (χ0n) is 9.71. The molecule has 0 saturated heterocycles. The largest absolute Gasteiger partial charge is 0.480 e. The summed E-state index contributed by atoms with van der Waals surface area (Å²) < 4.78 is 0. The van der Waals surface area contributed by atoms with Crippen LogP contribution in [0.4, 0.5) is 16.2 Å². The van der Waals surface area contributed by atoms with E-state index in [2.05, 4.69) is 10.6 Å². The molecule has 0 spiro atoms. The number of hydrogen-bond acceptors (Lipinski definition) is 4. The van der Waals surface area contributed by atoms with Crippen molar-refractivity contribution in [2.75, 3.05) is 5.32 Å². The highest BCUT2D eigenvalue weighted by molar-refractivity contribution is 6.33. The molecule has 1 aromatic rings. The quantitative estimate of drug-likeness (QED) is 0.576. The summed E-state index contributed by atoms with van der Waals surface area (Å²) in [5.74, 6) is -1.21. The van der Waals surface area contributed by atoms with Crippen molar-refractivity contribution in [1.29, 1.82) is 0 Å². The van der Waals surface area contributed by atoms with Gasteiger partial charge in [0.25, 0.3) is 5.69 Å². The number of benzene rings is 1. The molecule has 1 rings (SSSR count). The number of nitrogens with zero attached hydrogens (tertiary/aromatic N) is 1. The molecule has 2 amide bonds. The van der Waals surface area contributed by atoms with Gasteiger partial charge in [0.2, 0.25) is 0 Å². The molecular formula is C10H10ClN3O5. The van der Waals surface area contributed by atoms with Crippen molar-refractivity contribution in [2.45, 2.75) is 13.0 Å². The van der Waals surface area contributed by atoms with E-state index >= 15 is 0 Å². The van der Waals surface area contributed by atoms with Crippen LogP contribution in [0.1, 0.15) is 6.92 Å². The van der Waals surface area contributed by atoms with Crippen LogP contribution in [0, 0.1) is 10.1 Å². The van der Waals surface area contributed by atoms with Gasteiger partial charge < -0.3 is 15.7 Å². The lowest BCUT2D eigenvalue weighted by atomic mass is 10.3. The fourth-order valence-corrected chi connectivity index (χ4v) is 1.30. The molecule has 0 aromatic heterocycles. The number of urea groups is 1. The Balaban J connectivity index is 2.81. The predicted molar refractivity (Wildman–Crippen MR) is 67.4 cm³/mol. The number of carbonyl (C=O) groups excluding carboxylic acids is 1. The average Bonchev–Trinajstić information content (AvgIpc) is 2.31. The number of nitro benzene ring substituents is 1. The van der Waals surface area contributed by atoms with E-state index in [1.165, 1.54) is 19.1 Å². The van der Waals surface area contributed by atoms with Crippen LogP contribution in [-0.2, 0) is 4.79 Å². The molecule has 0 radical (unpaired) electrons. The minimum Gasteiger partial charge on any atom is -0.480 e. The molecule has 8 nitrogen and oxygen atoms in total. The maximum atomic E-state index is 11.4. The van der Waals surface area contributed by atoms with Crippen molar-refractivity contribution >= 4 is 35.0 Å². The van der Waals surface area contributed by atoms with E-state index < -0.39 is 23.0 Å². The Hall–Kier alpha value is -2.35. The topological polar surface area (TPSA) is 122 Å². The Labute approximate surface area is 112 Å². The van der Waals surface area contributed by atoms with E-state index in [0.717, 1.165) is 6.07 Å². The first kappa shape index (κ1) is 14.7. The first-order valence-electron chi connectivity index (χ1n) is 5.05. The van der Waals surface area contributed by atoms with Crippen molar-refractivity contribution < 1.29 is 19.6 Å². The lowest BCUT2D eigenvalue weighted by Gasteiger charge is -2.11. The maximum Gasteiger partial charge on any atom is 0.325 e. The summed E-state index contributed by atoms with van der Waals surface area (Å²) in [6.07, 6.45) is 0. The van der Waals surface area contributed by atoms with Crippen LogP contribution in [0.25, 0.3) is 0 Å². The van der Waals surface area contributed by atoms with Crippen molar-refractivity contribution in [3.05, 3.63) is 33.3 Å². The van der Waals surface area contributed by atoms with Gasteiger partial charge in [0.1, 0.15) is 6.04 Å². The molecule has 0 aliphatic rings. The smallest absolute Gasteiger partial charge is 0.325 e. The summed E-state index contributed by atoms with van der Waals surface area (Å²) in [5.41, 5.74) is -0.225. The normalized spacial score (nSPS) is 11.5. The second-order valence-electron chi connectivity index (χ2n) is 3.58. The lowest BCUT2D eigenvalue weighted by Crippen LogP contribution is -2.40. The van der Waals surface area contributed by atoms with Crippen LogP contribution >= 0.6 is 11.6 Å². The van der Waals surface area contributed by atoms with Gasteiger partial charge in [0, 0.05) is 12.1 Å². The van der Waals surface area contributed by atoms with Gasteiger partial charge in [-0.15, -0.1) is 0 Å². The van der Waals surface area contributed by atoms with Gasteiger partial charge >= 0.3 is 12.0 Å². The summed E-state index contributed by atoms with van der Waals surface area (Å²) in [7, 11) is 0. The van der Waals surface area contributed by atoms with E-state index in [4.69, 9.17) is 16.7 Å². The van der Waals surface area contributed by atoms with Gasteiger partial charge in [-0.05, 0) is 13.0 Å². The summed E-state index contributed by atoms with van der Waals surface area (Å²) in [6.45, 7) is 1.27. The van der Waals surface area contributed by atoms with Crippen LogP contribution < -0.4 is 10.6 Å². The standard InChI is InChI=1S/C10H10ClN3O5/c1-5(9(15)16)12-10(17)13-8-4-6(14(18)19)2-3-7(8)11/h2-5H,1H3,(H,15,16)(H2,12,13,17)/t5-/m1/s1. The highest BCUT2D eigenvalue weighted by Gasteiger charge is 2.16. The molecule has 0 unspecified atom stereocenters. The molecule has 102 valence electrons. The molecule has 0 fully saturated rings. The number of halogens is 1. The summed E-state index contributed by atoms with van der Waals surface area (Å²) in [5, 5.41) is 23.7. The van der Waals surface area contributed by atoms with Gasteiger partial charge in [0.15, 0.2) is 0 Å². The molecule has 0 heterocycles. The number of nitrogens with one attached hydrogen (secondary N) is 2. The lowest BCUT2D eigenvalue weighted by molar-refractivity contribution is -0.384. The Morgan fingerprint density at radius 3 is 2.63 bits per heavy atom. The van der Waals surface area contributed by atoms with E-state index in [0.29, 0.717) is 0 Å². The monoisotopic (exact) mass is 287 g/mol. The zero-order valence-corrected chi connectivity index (χ0v) is 10.5. The number of non-ortho nitro benzene ring substituents is 1. The number of amides is 2. The van der Waals surface area contributed by atoms with E-state index in [9.17, 15) is 19.7 Å². The Morgan fingerprint density at radius 2 is 2.11 bits per heavy atom. The molecule has 1 atom stereocenters. The molecule has 0 aliphatic heterocycles. The fourth-order valence-electron chi connectivity index (χ4n) is 1.14. The third-order valence-corrected chi connectivity index (χ3v) is 2.46. The number of carbonyl (C=O) groups is 2. The van der Waals surface area contributed by atoms with Gasteiger partial charge in [0.05, 0.1) is 15.6 Å². The number of carboxylic acids is 1. The Bertz CT molecular complexity index is 534. The molecule has 0 bridgehead atoms. The maximum absolute atomic E-state index is 11.4. The van der Waals surface area contributed by atoms with Crippen LogP contribution in [0.3, 0.4) is 0 Å². The third kappa shape index (κ3) is 4.11. The molecule has 9 heteroatoms. The molecule has 19 heavy (non-hydrogen) atoms. The van der Waals surface area contributed by atoms with Crippen LogP contribution in [0.2, 0.25) is 5.02 Å². The second-order valence-corrected chi connectivity index (χ2v) is 3.99. The second kappa shape index (κ2) is 6.01. The summed E-state index contributed by atoms with van der Waals surface area (Å²) >= 11 is 5.76. The van der Waals surface area contributed by atoms with Gasteiger partial charge in [-0.25, -0.2) is 4.79 Å².